The van der Waals surface area contributed by atoms with Crippen molar-refractivity contribution < 1.29 is 0 Å². The van der Waals surface area contributed by atoms with E-state index in [0.717, 1.165) is 84.6 Å². The summed E-state index contributed by atoms with van der Waals surface area (Å²) in [5.41, 5.74) is 14.6. The maximum absolute atomic E-state index is 5.48. The lowest BCUT2D eigenvalue weighted by Crippen LogP contribution is -2.07. The fraction of sp³-hybridized carbons (Fsp3) is 0.0303. The van der Waals surface area contributed by atoms with Crippen LogP contribution in [-0.2, 0) is 0 Å². The molecule has 1 aliphatic rings. The maximum Gasteiger partial charge on any atom is 0.238 e. The SMILES string of the molecule is C1=C(c2cccc(-c3ccccc3)c2)CCC=C1n1c2ccccc2c2ccc3c4ccccc4n(-c4nc(-c5ccccc5)nc(-c5cccc(-c6nc(-c7ccccc7)nc(-c7ccccc7)n6)c5)n4)c3c21. The number of rotatable bonds is 9. The van der Waals surface area contributed by atoms with E-state index < -0.39 is 0 Å². The molecule has 348 valence electrons. The summed E-state index contributed by atoms with van der Waals surface area (Å²) in [6, 6.07) is 79.9. The normalized spacial score (nSPS) is 12.6. The van der Waals surface area contributed by atoms with Crippen molar-refractivity contribution in [1.82, 2.24) is 39.0 Å². The largest absolute Gasteiger partial charge is 0.307 e. The average molecular weight is 949 g/mol. The van der Waals surface area contributed by atoms with Crippen LogP contribution in [0.5, 0.6) is 0 Å². The number of aromatic nitrogens is 8. The molecular formula is C66H44N8. The van der Waals surface area contributed by atoms with Crippen LogP contribution >= 0.6 is 0 Å². The lowest BCUT2D eigenvalue weighted by Gasteiger charge is -2.18. The molecule has 0 bridgehead atoms. The zero-order valence-corrected chi connectivity index (χ0v) is 40.1. The van der Waals surface area contributed by atoms with Crippen LogP contribution < -0.4 is 0 Å². The number of fused-ring (bicyclic) bond motifs is 7. The number of nitrogens with zero attached hydrogens (tertiary/aromatic N) is 8. The van der Waals surface area contributed by atoms with Crippen LogP contribution in [-0.4, -0.2) is 39.0 Å². The van der Waals surface area contributed by atoms with E-state index in [4.69, 9.17) is 29.9 Å². The van der Waals surface area contributed by atoms with Gasteiger partial charge in [-0.05, 0) is 65.4 Å². The number of hydrogen-bond donors (Lipinski definition) is 0. The van der Waals surface area contributed by atoms with E-state index in [2.05, 4.69) is 155 Å². The molecule has 13 aromatic rings. The molecule has 0 saturated heterocycles. The first-order valence-electron chi connectivity index (χ1n) is 25.0. The van der Waals surface area contributed by atoms with Crippen LogP contribution in [0.4, 0.5) is 0 Å². The van der Waals surface area contributed by atoms with Crippen LogP contribution in [0, 0.1) is 0 Å². The number of hydrogen-bond acceptors (Lipinski definition) is 6. The van der Waals surface area contributed by atoms with E-state index in [1.807, 2.05) is 97.1 Å². The zero-order chi connectivity index (χ0) is 49.0. The summed E-state index contributed by atoms with van der Waals surface area (Å²) < 4.78 is 4.72. The Morgan fingerprint density at radius 1 is 0.297 bits per heavy atom. The van der Waals surface area contributed by atoms with Gasteiger partial charge < -0.3 is 4.57 Å². The highest BCUT2D eigenvalue weighted by molar-refractivity contribution is 6.24. The molecular weight excluding hydrogens is 905 g/mol. The van der Waals surface area contributed by atoms with Crippen LogP contribution in [0.25, 0.3) is 129 Å². The van der Waals surface area contributed by atoms with Crippen molar-refractivity contribution in [2.45, 2.75) is 12.8 Å². The summed E-state index contributed by atoms with van der Waals surface area (Å²) >= 11 is 0. The fourth-order valence-corrected chi connectivity index (χ4v) is 10.6. The van der Waals surface area contributed by atoms with Crippen molar-refractivity contribution in [2.24, 2.45) is 0 Å². The standard InChI is InChI=1S/C66H44N8/c1-5-20-43(21-6-1)47-28-17-29-48(40-47)49-30-19-33-52(42-49)73-57-36-15-13-34-53(57)55-38-39-56-54-35-14-16-37-58(54)74(60(56)59(55)73)66-71-63(46-26-11-4-12-27-46)70-65(72-66)51-32-18-31-50(41-51)64-68-61(44-22-7-2-8-23-44)67-62(69-64)45-24-9-3-10-25-45/h1-18,20-29,31-42H,19,30H2. The molecule has 1 aliphatic carbocycles. The molecule has 74 heavy (non-hydrogen) atoms. The Hall–Kier alpha value is -9.92. The summed E-state index contributed by atoms with van der Waals surface area (Å²) in [6.45, 7) is 0. The van der Waals surface area contributed by atoms with Gasteiger partial charge in [-0.1, -0.05) is 212 Å². The van der Waals surface area contributed by atoms with E-state index in [1.165, 1.54) is 27.6 Å². The van der Waals surface area contributed by atoms with Gasteiger partial charge in [0.1, 0.15) is 0 Å². The Bertz CT molecular complexity index is 4290. The average Bonchev–Trinajstić information content (AvgIpc) is 4.02. The monoisotopic (exact) mass is 948 g/mol. The van der Waals surface area contributed by atoms with E-state index in [1.54, 1.807) is 0 Å². The first-order valence-corrected chi connectivity index (χ1v) is 25.0. The second-order valence-electron chi connectivity index (χ2n) is 18.6. The molecule has 8 heteroatoms. The molecule has 0 atom stereocenters. The summed E-state index contributed by atoms with van der Waals surface area (Å²) in [6.07, 6.45) is 6.64. The summed E-state index contributed by atoms with van der Waals surface area (Å²) in [5.74, 6) is 3.34. The van der Waals surface area contributed by atoms with Gasteiger partial charge >= 0.3 is 0 Å². The molecule has 14 rings (SSSR count). The molecule has 0 spiro atoms. The molecule has 0 aliphatic heterocycles. The molecule has 0 N–H and O–H groups in total. The smallest absolute Gasteiger partial charge is 0.238 e. The lowest BCUT2D eigenvalue weighted by molar-refractivity contribution is 0.953. The molecule has 0 radical (unpaired) electrons. The summed E-state index contributed by atoms with van der Waals surface area (Å²) in [5, 5.41) is 4.54. The predicted octanol–water partition coefficient (Wildman–Crippen LogP) is 16.0. The third-order valence-corrected chi connectivity index (χ3v) is 14.1. The second kappa shape index (κ2) is 18.0. The minimum atomic E-state index is 0.513. The van der Waals surface area contributed by atoms with Crippen molar-refractivity contribution >= 4 is 54.9 Å². The topological polar surface area (TPSA) is 87.2 Å². The molecule has 0 fully saturated rings. The van der Waals surface area contributed by atoms with E-state index in [9.17, 15) is 0 Å². The maximum atomic E-state index is 5.48. The minimum absolute atomic E-state index is 0.513. The molecule has 4 aromatic heterocycles. The van der Waals surface area contributed by atoms with Crippen molar-refractivity contribution in [3.05, 3.63) is 248 Å². The van der Waals surface area contributed by atoms with Crippen molar-refractivity contribution in [3.63, 3.8) is 0 Å². The first kappa shape index (κ1) is 42.9. The van der Waals surface area contributed by atoms with Crippen LogP contribution in [0.1, 0.15) is 18.4 Å². The molecule has 4 heterocycles. The number of benzene rings is 9. The third-order valence-electron chi connectivity index (χ3n) is 14.1. The Morgan fingerprint density at radius 3 is 1.24 bits per heavy atom. The van der Waals surface area contributed by atoms with Gasteiger partial charge in [0.25, 0.3) is 0 Å². The van der Waals surface area contributed by atoms with Gasteiger partial charge in [-0.15, -0.1) is 0 Å². The van der Waals surface area contributed by atoms with Gasteiger partial charge in [0.15, 0.2) is 29.1 Å². The van der Waals surface area contributed by atoms with Gasteiger partial charge in [0, 0.05) is 55.1 Å². The van der Waals surface area contributed by atoms with Gasteiger partial charge in [0.2, 0.25) is 5.95 Å². The summed E-state index contributed by atoms with van der Waals surface area (Å²) in [4.78, 5) is 31.2. The quantitative estimate of drug-likeness (QED) is 0.143. The van der Waals surface area contributed by atoms with Crippen molar-refractivity contribution in [1.29, 1.82) is 0 Å². The Kier molecular flexibility index (Phi) is 10.5. The van der Waals surface area contributed by atoms with E-state index >= 15 is 0 Å². The second-order valence-corrected chi connectivity index (χ2v) is 18.6. The van der Waals surface area contributed by atoms with Gasteiger partial charge in [-0.3, -0.25) is 4.57 Å². The fourth-order valence-electron chi connectivity index (χ4n) is 10.6. The van der Waals surface area contributed by atoms with E-state index in [-0.39, 0.29) is 0 Å². The molecule has 0 saturated carbocycles. The molecule has 8 nitrogen and oxygen atoms in total. The number of para-hydroxylation sites is 2. The predicted molar refractivity (Wildman–Crippen MR) is 301 cm³/mol. The van der Waals surface area contributed by atoms with Gasteiger partial charge in [0.05, 0.1) is 22.1 Å². The molecule has 0 unspecified atom stereocenters. The highest BCUT2D eigenvalue weighted by Gasteiger charge is 2.25. The van der Waals surface area contributed by atoms with Crippen LogP contribution in [0.3, 0.4) is 0 Å². The van der Waals surface area contributed by atoms with Crippen molar-refractivity contribution in [2.75, 3.05) is 0 Å². The Balaban J connectivity index is 0.983. The lowest BCUT2D eigenvalue weighted by atomic mass is 9.93. The molecule has 0 amide bonds. The van der Waals surface area contributed by atoms with Gasteiger partial charge in [-0.25, -0.2) is 19.9 Å². The third kappa shape index (κ3) is 7.56. The highest BCUT2D eigenvalue weighted by Crippen LogP contribution is 2.43. The summed E-state index contributed by atoms with van der Waals surface area (Å²) in [7, 11) is 0. The molecule has 9 aromatic carbocycles. The highest BCUT2D eigenvalue weighted by atomic mass is 15.2. The Morgan fingerprint density at radius 2 is 0.689 bits per heavy atom. The van der Waals surface area contributed by atoms with Crippen molar-refractivity contribution in [3.8, 4) is 74.0 Å². The van der Waals surface area contributed by atoms with E-state index in [0.29, 0.717) is 35.1 Å². The Labute approximate surface area is 427 Å². The minimum Gasteiger partial charge on any atom is -0.307 e. The first-order chi connectivity index (χ1) is 36.7. The van der Waals surface area contributed by atoms with Crippen LogP contribution in [0.2, 0.25) is 0 Å². The van der Waals surface area contributed by atoms with Gasteiger partial charge in [-0.2, -0.15) is 9.97 Å². The van der Waals surface area contributed by atoms with Crippen LogP contribution in [0.15, 0.2) is 243 Å². The zero-order valence-electron chi connectivity index (χ0n) is 40.1. The number of allylic oxidation sites excluding steroid dienone is 4.